The number of aromatic nitrogens is 2. The fraction of sp³-hybridized carbons (Fsp3) is 0.571. The van der Waals surface area contributed by atoms with Crippen molar-refractivity contribution in [1.29, 1.82) is 0 Å². The first-order valence-corrected chi connectivity index (χ1v) is 8.05. The van der Waals surface area contributed by atoms with Crippen molar-refractivity contribution in [3.8, 4) is 0 Å². The van der Waals surface area contributed by atoms with Gasteiger partial charge in [0.1, 0.15) is 0 Å². The highest BCUT2D eigenvalue weighted by molar-refractivity contribution is 8.06. The van der Waals surface area contributed by atoms with E-state index in [1.165, 1.54) is 6.20 Å². The Labute approximate surface area is 94.2 Å². The van der Waals surface area contributed by atoms with Gasteiger partial charge in [-0.3, -0.25) is 5.10 Å². The Balaban J connectivity index is 2.66. The van der Waals surface area contributed by atoms with E-state index in [2.05, 4.69) is 14.9 Å². The van der Waals surface area contributed by atoms with Crippen LogP contribution in [0.2, 0.25) is 0 Å². The van der Waals surface area contributed by atoms with Crippen LogP contribution in [-0.4, -0.2) is 38.4 Å². The van der Waals surface area contributed by atoms with Gasteiger partial charge >= 0.3 is 0 Å². The zero-order valence-corrected chi connectivity index (χ0v) is 10.5. The SMILES string of the molecule is Cc1[nH]ncc1CNS(=O)(=O)CS(C)(=O)=O. The third-order valence-electron chi connectivity index (χ3n) is 1.79. The van der Waals surface area contributed by atoms with Crippen LogP contribution in [0.3, 0.4) is 0 Å². The maximum Gasteiger partial charge on any atom is 0.226 e. The molecule has 1 aromatic heterocycles. The van der Waals surface area contributed by atoms with E-state index >= 15 is 0 Å². The second-order valence-electron chi connectivity index (χ2n) is 3.50. The summed E-state index contributed by atoms with van der Waals surface area (Å²) in [6.07, 6.45) is 2.35. The van der Waals surface area contributed by atoms with E-state index in [0.717, 1.165) is 11.9 Å². The second kappa shape index (κ2) is 4.52. The van der Waals surface area contributed by atoms with Crippen molar-refractivity contribution < 1.29 is 16.8 Å². The Bertz CT molecular complexity index is 558. The monoisotopic (exact) mass is 267 g/mol. The van der Waals surface area contributed by atoms with Crippen molar-refractivity contribution >= 4 is 19.9 Å². The molecular formula is C7H13N3O4S2. The number of H-pyrrole nitrogens is 1. The maximum atomic E-state index is 11.3. The molecule has 0 unspecified atom stereocenters. The van der Waals surface area contributed by atoms with Gasteiger partial charge in [0.15, 0.2) is 14.9 Å². The minimum absolute atomic E-state index is 0.0280. The van der Waals surface area contributed by atoms with Crippen molar-refractivity contribution in [2.75, 3.05) is 11.3 Å². The molecule has 0 spiro atoms. The number of hydrogen-bond acceptors (Lipinski definition) is 5. The number of rotatable bonds is 5. The van der Waals surface area contributed by atoms with E-state index in [1.54, 1.807) is 6.92 Å². The zero-order valence-electron chi connectivity index (χ0n) is 8.89. The number of aryl methyl sites for hydroxylation is 1. The molecule has 16 heavy (non-hydrogen) atoms. The van der Waals surface area contributed by atoms with Crippen LogP contribution < -0.4 is 4.72 Å². The molecule has 0 aromatic carbocycles. The van der Waals surface area contributed by atoms with Gasteiger partial charge in [-0.2, -0.15) is 5.10 Å². The smallest absolute Gasteiger partial charge is 0.226 e. The van der Waals surface area contributed by atoms with Crippen LogP contribution in [0.15, 0.2) is 6.20 Å². The highest BCUT2D eigenvalue weighted by Gasteiger charge is 2.17. The zero-order chi connectivity index (χ0) is 12.4. The lowest BCUT2D eigenvalue weighted by Gasteiger charge is -2.04. The molecule has 0 aliphatic carbocycles. The number of nitrogens with one attached hydrogen (secondary N) is 2. The molecule has 0 radical (unpaired) electrons. The normalized spacial score (nSPS) is 12.9. The first-order valence-electron chi connectivity index (χ1n) is 4.33. The molecule has 0 amide bonds. The van der Waals surface area contributed by atoms with Crippen molar-refractivity contribution in [2.45, 2.75) is 13.5 Å². The Hall–Kier alpha value is -0.930. The summed E-state index contributed by atoms with van der Waals surface area (Å²) in [5.41, 5.74) is 1.42. The van der Waals surface area contributed by atoms with E-state index in [9.17, 15) is 16.8 Å². The lowest BCUT2D eigenvalue weighted by molar-refractivity contribution is 0.580. The van der Waals surface area contributed by atoms with Gasteiger partial charge in [-0.15, -0.1) is 0 Å². The molecule has 7 nitrogen and oxygen atoms in total. The first-order chi connectivity index (χ1) is 7.20. The Kier molecular flexibility index (Phi) is 3.71. The lowest BCUT2D eigenvalue weighted by atomic mass is 10.3. The quantitative estimate of drug-likeness (QED) is 0.721. The average molecular weight is 267 g/mol. The van der Waals surface area contributed by atoms with Crippen molar-refractivity contribution in [3.05, 3.63) is 17.5 Å². The fourth-order valence-corrected chi connectivity index (χ4v) is 4.03. The molecular weight excluding hydrogens is 254 g/mol. The number of nitrogens with zero attached hydrogens (tertiary/aromatic N) is 1. The minimum Gasteiger partial charge on any atom is -0.283 e. The standard InChI is InChI=1S/C7H13N3O4S2/c1-6-7(3-8-10-6)4-9-16(13,14)5-15(2,11)12/h3,9H,4-5H2,1-2H3,(H,8,10). The van der Waals surface area contributed by atoms with E-state index in [-0.39, 0.29) is 6.54 Å². The molecule has 1 aromatic rings. The van der Waals surface area contributed by atoms with E-state index in [4.69, 9.17) is 0 Å². The Morgan fingerprint density at radius 2 is 2.00 bits per heavy atom. The molecule has 92 valence electrons. The van der Waals surface area contributed by atoms with Gasteiger partial charge in [-0.05, 0) is 6.92 Å². The van der Waals surface area contributed by atoms with Crippen LogP contribution >= 0.6 is 0 Å². The minimum atomic E-state index is -3.81. The van der Waals surface area contributed by atoms with Gasteiger partial charge in [-0.1, -0.05) is 0 Å². The van der Waals surface area contributed by atoms with Crippen LogP contribution in [0.4, 0.5) is 0 Å². The Morgan fingerprint density at radius 3 is 2.44 bits per heavy atom. The molecule has 0 atom stereocenters. The third-order valence-corrected chi connectivity index (χ3v) is 5.32. The predicted octanol–water partition coefficient (Wildman–Crippen LogP) is -0.860. The lowest BCUT2D eigenvalue weighted by Crippen LogP contribution is -2.29. The van der Waals surface area contributed by atoms with Gasteiger partial charge in [0.25, 0.3) is 0 Å². The summed E-state index contributed by atoms with van der Waals surface area (Å²) in [6, 6.07) is 0. The summed E-state index contributed by atoms with van der Waals surface area (Å²) < 4.78 is 46.5. The van der Waals surface area contributed by atoms with Crippen molar-refractivity contribution in [3.63, 3.8) is 0 Å². The predicted molar refractivity (Wildman–Crippen MR) is 58.8 cm³/mol. The highest BCUT2D eigenvalue weighted by Crippen LogP contribution is 2.03. The van der Waals surface area contributed by atoms with Gasteiger partial charge in [-0.25, -0.2) is 21.6 Å². The maximum absolute atomic E-state index is 11.3. The Morgan fingerprint density at radius 1 is 1.38 bits per heavy atom. The van der Waals surface area contributed by atoms with Crippen LogP contribution in [0.1, 0.15) is 11.3 Å². The van der Waals surface area contributed by atoms with Crippen molar-refractivity contribution in [1.82, 2.24) is 14.9 Å². The van der Waals surface area contributed by atoms with Gasteiger partial charge < -0.3 is 0 Å². The summed E-state index contributed by atoms with van der Waals surface area (Å²) in [7, 11) is -7.37. The molecule has 1 heterocycles. The van der Waals surface area contributed by atoms with Crippen LogP contribution in [0.25, 0.3) is 0 Å². The van der Waals surface area contributed by atoms with Gasteiger partial charge in [0.05, 0.1) is 6.20 Å². The summed E-state index contributed by atoms with van der Waals surface area (Å²) in [6.45, 7) is 1.77. The number of hydrogen-bond donors (Lipinski definition) is 2. The molecule has 0 aliphatic rings. The summed E-state index contributed by atoms with van der Waals surface area (Å²) in [5, 5.41) is 5.46. The molecule has 0 fully saturated rings. The summed E-state index contributed by atoms with van der Waals surface area (Å²) in [5.74, 6) is 0. The van der Waals surface area contributed by atoms with Crippen LogP contribution in [0.5, 0.6) is 0 Å². The molecule has 9 heteroatoms. The number of aromatic amines is 1. The molecule has 2 N–H and O–H groups in total. The van der Waals surface area contributed by atoms with E-state index in [0.29, 0.717) is 5.56 Å². The fourth-order valence-electron chi connectivity index (χ4n) is 1.07. The number of sulfone groups is 1. The van der Waals surface area contributed by atoms with Crippen molar-refractivity contribution in [2.24, 2.45) is 0 Å². The molecule has 1 rings (SSSR count). The van der Waals surface area contributed by atoms with Crippen LogP contribution in [-0.2, 0) is 26.4 Å². The second-order valence-corrected chi connectivity index (χ2v) is 7.81. The first kappa shape index (κ1) is 13.1. The highest BCUT2D eigenvalue weighted by atomic mass is 32.3. The van der Waals surface area contributed by atoms with Gasteiger partial charge in [0, 0.05) is 24.1 Å². The topological polar surface area (TPSA) is 109 Å². The summed E-state index contributed by atoms with van der Waals surface area (Å²) in [4.78, 5) is 0. The van der Waals surface area contributed by atoms with E-state index in [1.807, 2.05) is 0 Å². The largest absolute Gasteiger partial charge is 0.283 e. The summed E-state index contributed by atoms with van der Waals surface area (Å²) >= 11 is 0. The van der Waals surface area contributed by atoms with Crippen LogP contribution in [0, 0.1) is 6.92 Å². The molecule has 0 saturated heterocycles. The van der Waals surface area contributed by atoms with Gasteiger partial charge in [0.2, 0.25) is 10.0 Å². The molecule has 0 saturated carbocycles. The molecule has 0 aliphatic heterocycles. The number of sulfonamides is 1. The van der Waals surface area contributed by atoms with E-state index < -0.39 is 24.9 Å². The average Bonchev–Trinajstić information content (AvgIpc) is 2.43. The molecule has 0 bridgehead atoms. The third kappa shape index (κ3) is 4.29.